The van der Waals surface area contributed by atoms with E-state index in [0.29, 0.717) is 0 Å². The Labute approximate surface area is 228 Å². The number of rotatable bonds is 14. The van der Waals surface area contributed by atoms with E-state index in [-0.39, 0.29) is 0 Å². The molecule has 0 aromatic rings. The summed E-state index contributed by atoms with van der Waals surface area (Å²) in [6.45, 7) is 6.18. The van der Waals surface area contributed by atoms with Crippen LogP contribution in [0.3, 0.4) is 0 Å². The highest BCUT2D eigenvalue weighted by atomic mass is 32.3. The van der Waals surface area contributed by atoms with Gasteiger partial charge in [0.25, 0.3) is 0 Å². The van der Waals surface area contributed by atoms with E-state index in [1.54, 1.807) is 0 Å². The Morgan fingerprint density at radius 1 is 0.548 bits per heavy atom. The summed E-state index contributed by atoms with van der Waals surface area (Å²) < 4.78 is 259. The first-order valence-corrected chi connectivity index (χ1v) is 14.2. The van der Waals surface area contributed by atoms with Crippen LogP contribution in [0.25, 0.3) is 0 Å². The fraction of sp³-hybridized carbons (Fsp3) is 0.947. The summed E-state index contributed by atoms with van der Waals surface area (Å²) in [5, 5.41) is -10.6. The lowest BCUT2D eigenvalue weighted by molar-refractivity contribution is -0.458. The first-order chi connectivity index (χ1) is 17.9. The zero-order valence-electron chi connectivity index (χ0n) is 21.8. The number of carbonyl (C=O) groups excluding carboxylic acids is 1. The van der Waals surface area contributed by atoms with Gasteiger partial charge in [-0.15, -0.1) is 10.3 Å². The van der Waals surface area contributed by atoms with Gasteiger partial charge in [-0.3, -0.25) is 4.79 Å². The third-order valence-electron chi connectivity index (χ3n) is 5.83. The van der Waals surface area contributed by atoms with Crippen LogP contribution >= 0.6 is 10.3 Å². The minimum absolute atomic E-state index is 0.959. The molecular formula is C19H23F17O4S2. The van der Waals surface area contributed by atoms with Crippen molar-refractivity contribution in [2.75, 3.05) is 5.75 Å². The van der Waals surface area contributed by atoms with Gasteiger partial charge in [0.05, 0.1) is 5.75 Å². The van der Waals surface area contributed by atoms with Crippen molar-refractivity contribution >= 4 is 26.2 Å². The van der Waals surface area contributed by atoms with Crippen molar-refractivity contribution in [1.29, 1.82) is 0 Å². The van der Waals surface area contributed by atoms with Crippen LogP contribution in [0.2, 0.25) is 0 Å². The molecule has 254 valence electrons. The Balaban J connectivity index is 7.26. The fourth-order valence-electron chi connectivity index (χ4n) is 2.96. The second-order valence-electron chi connectivity index (χ2n) is 9.63. The molecule has 0 rings (SSSR count). The quantitative estimate of drug-likeness (QED) is 0.172. The molecule has 0 aromatic heterocycles. The molecule has 4 nitrogen and oxygen atoms in total. The van der Waals surface area contributed by atoms with E-state index < -0.39 is 95.3 Å². The maximum Gasteiger partial charge on any atom is 0.460 e. The summed E-state index contributed by atoms with van der Waals surface area (Å²) in [4.78, 5) is 12.2. The predicted molar refractivity (Wildman–Crippen MR) is 113 cm³/mol. The van der Waals surface area contributed by atoms with Gasteiger partial charge in [0, 0.05) is 16.4 Å². The van der Waals surface area contributed by atoms with Gasteiger partial charge in [0.2, 0.25) is 0 Å². The van der Waals surface area contributed by atoms with Crippen LogP contribution in [0.1, 0.15) is 41.5 Å². The number of alkyl halides is 17. The Kier molecular flexibility index (Phi) is 10.9. The van der Waals surface area contributed by atoms with E-state index in [0.717, 1.165) is 27.7 Å². The summed E-state index contributed by atoms with van der Waals surface area (Å²) in [6, 6.07) is 0. The Morgan fingerprint density at radius 2 is 0.833 bits per heavy atom. The van der Waals surface area contributed by atoms with Crippen molar-refractivity contribution in [3.05, 3.63) is 0 Å². The second kappa shape index (κ2) is 11.3. The van der Waals surface area contributed by atoms with E-state index in [2.05, 4.69) is 3.63 Å². The number of ketones is 1. The molecule has 23 heteroatoms. The van der Waals surface area contributed by atoms with Crippen molar-refractivity contribution in [3.8, 4) is 0 Å². The van der Waals surface area contributed by atoms with E-state index in [1.807, 2.05) is 0 Å². The molecule has 0 bridgehead atoms. The zero-order valence-corrected chi connectivity index (χ0v) is 23.4. The highest BCUT2D eigenvalue weighted by molar-refractivity contribution is 8.34. The standard InChI is InChI=1S/C19H23F17O4S2/c1-8(2)11(37)7-41(9(3)4,10(5)6)40-42(38,39)19(35,36)17(30,31)15(26,27)13(22,23)12(20,21)14(24,25)16(28,29)18(32,33)34/h8-10H,7H2,1-6H3. The van der Waals surface area contributed by atoms with E-state index in [4.69, 9.17) is 0 Å². The van der Waals surface area contributed by atoms with Crippen molar-refractivity contribution in [3.63, 3.8) is 0 Å². The smallest absolute Gasteiger partial charge is 0.298 e. The molecule has 0 aliphatic rings. The third kappa shape index (κ3) is 5.78. The Hall–Kier alpha value is -1.26. The average Bonchev–Trinajstić information content (AvgIpc) is 2.75. The van der Waals surface area contributed by atoms with Crippen LogP contribution in [-0.4, -0.2) is 77.4 Å². The van der Waals surface area contributed by atoms with Gasteiger partial charge in [0.1, 0.15) is 5.78 Å². The van der Waals surface area contributed by atoms with Crippen LogP contribution in [0, 0.1) is 5.92 Å². The van der Waals surface area contributed by atoms with Crippen LogP contribution < -0.4 is 0 Å². The first-order valence-electron chi connectivity index (χ1n) is 10.9. The number of halogens is 17. The highest BCUT2D eigenvalue weighted by Gasteiger charge is 2.96. The summed E-state index contributed by atoms with van der Waals surface area (Å²) in [6.07, 6.45) is -7.91. The third-order valence-corrected chi connectivity index (χ3v) is 12.4. The summed E-state index contributed by atoms with van der Waals surface area (Å²) in [5.41, 5.74) is 0. The number of hydrogen-bond acceptors (Lipinski definition) is 4. The molecule has 0 N–H and O–H groups in total. The molecule has 42 heavy (non-hydrogen) atoms. The molecule has 0 saturated carbocycles. The normalized spacial score (nSPS) is 16.5. The summed E-state index contributed by atoms with van der Waals surface area (Å²) in [5.74, 6) is -55.4. The van der Waals surface area contributed by atoms with E-state index in [1.165, 1.54) is 13.8 Å². The van der Waals surface area contributed by atoms with Crippen molar-refractivity contribution < 1.29 is 91.5 Å². The van der Waals surface area contributed by atoms with E-state index >= 15 is 0 Å². The van der Waals surface area contributed by atoms with Crippen LogP contribution in [-0.2, 0) is 18.5 Å². The van der Waals surface area contributed by atoms with E-state index in [9.17, 15) is 87.8 Å². The highest BCUT2D eigenvalue weighted by Crippen LogP contribution is 2.66. The Bertz CT molecular complexity index is 1090. The van der Waals surface area contributed by atoms with Gasteiger partial charge in [-0.05, 0) is 0 Å². The molecule has 0 fully saturated rings. The van der Waals surface area contributed by atoms with Crippen LogP contribution in [0.5, 0.6) is 0 Å². The molecule has 0 heterocycles. The van der Waals surface area contributed by atoms with Gasteiger partial charge >= 0.3 is 57.1 Å². The molecule has 0 saturated heterocycles. The monoisotopic (exact) mass is 702 g/mol. The van der Waals surface area contributed by atoms with Gasteiger partial charge in [-0.2, -0.15) is 83.1 Å². The molecule has 0 radical (unpaired) electrons. The maximum absolute atomic E-state index is 14.6. The van der Waals surface area contributed by atoms with Crippen molar-refractivity contribution in [2.45, 2.75) is 99.0 Å². The molecule has 0 spiro atoms. The molecule has 0 amide bonds. The second-order valence-corrected chi connectivity index (χ2v) is 15.3. The summed E-state index contributed by atoms with van der Waals surface area (Å²) >= 11 is 0. The van der Waals surface area contributed by atoms with Gasteiger partial charge < -0.3 is 0 Å². The zero-order chi connectivity index (χ0) is 34.7. The van der Waals surface area contributed by atoms with Gasteiger partial charge in [-0.25, -0.2) is 3.63 Å². The van der Waals surface area contributed by atoms with Crippen molar-refractivity contribution in [1.82, 2.24) is 0 Å². The molecule has 0 aromatic carbocycles. The summed E-state index contributed by atoms with van der Waals surface area (Å²) in [7, 11) is -11.8. The number of Topliss-reactive ketones (excluding diaryl/α,β-unsaturated/α-hetero) is 1. The predicted octanol–water partition coefficient (Wildman–Crippen LogP) is 8.06. The van der Waals surface area contributed by atoms with Gasteiger partial charge in [-0.1, -0.05) is 41.5 Å². The van der Waals surface area contributed by atoms with Crippen LogP contribution in [0.4, 0.5) is 74.6 Å². The average molecular weight is 702 g/mol. The molecule has 0 atom stereocenters. The molecule has 0 aliphatic heterocycles. The molecule has 0 aliphatic carbocycles. The van der Waals surface area contributed by atoms with Crippen molar-refractivity contribution in [2.24, 2.45) is 5.92 Å². The minimum atomic E-state index is -8.94. The topological polar surface area (TPSA) is 60.4 Å². The Morgan fingerprint density at radius 3 is 1.10 bits per heavy atom. The lowest BCUT2D eigenvalue weighted by Gasteiger charge is -2.47. The minimum Gasteiger partial charge on any atom is -0.298 e. The molecular weight excluding hydrogens is 679 g/mol. The number of hydrogen-bond donors (Lipinski definition) is 0. The SMILES string of the molecule is CC(C)C(=O)CS(OS(=O)(=O)C(F)(F)C(F)(F)C(F)(F)C(F)(F)C(F)(F)C(F)(F)C(F)(F)C(F)(F)F)(C(C)C)C(C)C. The lowest BCUT2D eigenvalue weighted by Crippen LogP contribution is -2.75. The van der Waals surface area contributed by atoms with Gasteiger partial charge in [0.15, 0.2) is 0 Å². The number of carbonyl (C=O) groups is 1. The fourth-order valence-corrected chi connectivity index (χ4v) is 9.06. The van der Waals surface area contributed by atoms with Crippen LogP contribution in [0.15, 0.2) is 0 Å². The maximum atomic E-state index is 14.6. The first kappa shape index (κ1) is 40.7. The molecule has 0 unspecified atom stereocenters. The largest absolute Gasteiger partial charge is 0.460 e. The lowest BCUT2D eigenvalue weighted by atomic mass is 9.91.